The maximum absolute atomic E-state index is 13.1. The number of hydrogen-bond acceptors (Lipinski definition) is 7. The SMILES string of the molecule is CC(C)C(NC(=O)C(NC(=O)C(N)CCC(N)=O)C(C)O)C(=O)NC(Cc1c[nH]c2ccccc12)C(=O)O. The molecule has 0 fully saturated rings. The van der Waals surface area contributed by atoms with Crippen LogP contribution in [0.25, 0.3) is 10.9 Å². The highest BCUT2D eigenvalue weighted by atomic mass is 16.4. The number of H-pyrrole nitrogens is 1. The molecule has 5 unspecified atom stereocenters. The van der Waals surface area contributed by atoms with Gasteiger partial charge in [0, 0.05) is 29.9 Å². The summed E-state index contributed by atoms with van der Waals surface area (Å²) in [6.07, 6.45) is 0.128. The average molecular weight is 533 g/mol. The van der Waals surface area contributed by atoms with E-state index in [-0.39, 0.29) is 19.3 Å². The average Bonchev–Trinajstić information content (AvgIpc) is 3.25. The van der Waals surface area contributed by atoms with Crippen LogP contribution in [-0.4, -0.2) is 75.1 Å². The third-order valence-electron chi connectivity index (χ3n) is 6.06. The number of carboxylic acids is 1. The first-order chi connectivity index (χ1) is 17.8. The minimum Gasteiger partial charge on any atom is -0.480 e. The van der Waals surface area contributed by atoms with Crippen LogP contribution in [0.1, 0.15) is 39.2 Å². The summed E-state index contributed by atoms with van der Waals surface area (Å²) in [5.41, 5.74) is 12.3. The van der Waals surface area contributed by atoms with Gasteiger partial charge in [0.2, 0.25) is 23.6 Å². The number of nitrogens with two attached hydrogens (primary N) is 2. The lowest BCUT2D eigenvalue weighted by molar-refractivity contribution is -0.142. The van der Waals surface area contributed by atoms with Crippen molar-refractivity contribution in [3.05, 3.63) is 36.0 Å². The molecule has 0 radical (unpaired) electrons. The van der Waals surface area contributed by atoms with E-state index >= 15 is 0 Å². The zero-order chi connectivity index (χ0) is 28.6. The predicted molar refractivity (Wildman–Crippen MR) is 138 cm³/mol. The molecule has 0 aliphatic carbocycles. The van der Waals surface area contributed by atoms with Crippen LogP contribution < -0.4 is 27.4 Å². The fourth-order valence-electron chi connectivity index (χ4n) is 3.85. The van der Waals surface area contributed by atoms with Crippen LogP contribution in [0.4, 0.5) is 0 Å². The molecule has 2 rings (SSSR count). The van der Waals surface area contributed by atoms with E-state index in [1.54, 1.807) is 20.0 Å². The number of amides is 4. The van der Waals surface area contributed by atoms with Crippen LogP contribution in [0.5, 0.6) is 0 Å². The van der Waals surface area contributed by atoms with Crippen LogP contribution in [0.15, 0.2) is 30.5 Å². The zero-order valence-electron chi connectivity index (χ0n) is 21.6. The van der Waals surface area contributed by atoms with Crippen LogP contribution in [0.2, 0.25) is 0 Å². The molecule has 13 nitrogen and oxygen atoms in total. The molecular formula is C25H36N6O7. The molecule has 0 aliphatic rings. The van der Waals surface area contributed by atoms with Gasteiger partial charge < -0.3 is 42.6 Å². The van der Waals surface area contributed by atoms with Gasteiger partial charge in [-0.3, -0.25) is 19.2 Å². The van der Waals surface area contributed by atoms with Gasteiger partial charge in [-0.1, -0.05) is 32.0 Å². The summed E-state index contributed by atoms with van der Waals surface area (Å²) >= 11 is 0. The quantitative estimate of drug-likeness (QED) is 0.148. The molecule has 0 aliphatic heterocycles. The third kappa shape index (κ3) is 8.28. The number of nitrogens with one attached hydrogen (secondary N) is 4. The number of aliphatic hydroxyl groups excluding tert-OH is 1. The van der Waals surface area contributed by atoms with Gasteiger partial charge in [-0.05, 0) is 30.9 Å². The maximum atomic E-state index is 13.1. The second-order valence-corrected chi connectivity index (χ2v) is 9.53. The lowest BCUT2D eigenvalue weighted by Crippen LogP contribution is -2.60. The van der Waals surface area contributed by atoms with E-state index in [2.05, 4.69) is 20.9 Å². The minimum absolute atomic E-state index is 0.000599. The Balaban J connectivity index is 2.11. The van der Waals surface area contributed by atoms with Gasteiger partial charge in [-0.15, -0.1) is 0 Å². The Hall–Kier alpha value is -3.97. The molecule has 10 N–H and O–H groups in total. The van der Waals surface area contributed by atoms with Crippen LogP contribution in [-0.2, 0) is 30.4 Å². The van der Waals surface area contributed by atoms with E-state index in [1.807, 2.05) is 24.3 Å². The molecule has 4 amide bonds. The summed E-state index contributed by atoms with van der Waals surface area (Å²) in [5, 5.41) is 28.0. The van der Waals surface area contributed by atoms with Crippen molar-refractivity contribution in [1.29, 1.82) is 0 Å². The normalized spacial score (nSPS) is 15.2. The highest BCUT2D eigenvalue weighted by Gasteiger charge is 2.34. The number of hydrogen-bond donors (Lipinski definition) is 8. The molecular weight excluding hydrogens is 496 g/mol. The Morgan fingerprint density at radius 3 is 2.13 bits per heavy atom. The molecule has 0 saturated heterocycles. The van der Waals surface area contributed by atoms with Gasteiger partial charge in [0.05, 0.1) is 12.1 Å². The summed E-state index contributed by atoms with van der Waals surface area (Å²) in [6.45, 7) is 4.57. The number of primary amides is 1. The lowest BCUT2D eigenvalue weighted by atomic mass is 10.00. The number of carbonyl (C=O) groups is 5. The smallest absolute Gasteiger partial charge is 0.326 e. The number of aromatic nitrogens is 1. The van der Waals surface area contributed by atoms with Crippen molar-refractivity contribution in [3.63, 3.8) is 0 Å². The molecule has 0 spiro atoms. The number of carbonyl (C=O) groups excluding carboxylic acids is 4. The summed E-state index contributed by atoms with van der Waals surface area (Å²) < 4.78 is 0. The van der Waals surface area contributed by atoms with E-state index in [4.69, 9.17) is 11.5 Å². The summed E-state index contributed by atoms with van der Waals surface area (Å²) in [7, 11) is 0. The molecule has 1 aromatic heterocycles. The topological polar surface area (TPSA) is 230 Å². The molecule has 1 aromatic carbocycles. The van der Waals surface area contributed by atoms with Crippen LogP contribution >= 0.6 is 0 Å². The van der Waals surface area contributed by atoms with Crippen molar-refractivity contribution >= 4 is 40.5 Å². The van der Waals surface area contributed by atoms with Crippen molar-refractivity contribution in [1.82, 2.24) is 20.9 Å². The molecule has 208 valence electrons. The van der Waals surface area contributed by atoms with Gasteiger partial charge in [0.25, 0.3) is 0 Å². The number of rotatable bonds is 14. The van der Waals surface area contributed by atoms with Gasteiger partial charge in [-0.2, -0.15) is 0 Å². The monoisotopic (exact) mass is 532 g/mol. The number of fused-ring (bicyclic) bond motifs is 1. The summed E-state index contributed by atoms with van der Waals surface area (Å²) in [6, 6.07) is 2.28. The minimum atomic E-state index is -1.46. The van der Waals surface area contributed by atoms with Gasteiger partial charge >= 0.3 is 5.97 Å². The largest absolute Gasteiger partial charge is 0.480 e. The van der Waals surface area contributed by atoms with Crippen molar-refractivity contribution in [2.75, 3.05) is 0 Å². The zero-order valence-corrected chi connectivity index (χ0v) is 21.6. The van der Waals surface area contributed by atoms with E-state index in [9.17, 15) is 34.2 Å². The highest BCUT2D eigenvalue weighted by Crippen LogP contribution is 2.19. The molecule has 38 heavy (non-hydrogen) atoms. The van der Waals surface area contributed by atoms with Crippen molar-refractivity contribution in [2.45, 2.75) is 70.3 Å². The van der Waals surface area contributed by atoms with Gasteiger partial charge in [-0.25, -0.2) is 4.79 Å². The second kappa shape index (κ2) is 13.5. The Morgan fingerprint density at radius 1 is 0.947 bits per heavy atom. The molecule has 2 aromatic rings. The number of carboxylic acid groups (broad SMARTS) is 1. The van der Waals surface area contributed by atoms with Crippen molar-refractivity contribution in [3.8, 4) is 0 Å². The Labute approximate surface area is 219 Å². The number of para-hydroxylation sites is 1. The molecule has 5 atom stereocenters. The first-order valence-corrected chi connectivity index (χ1v) is 12.2. The molecule has 13 heteroatoms. The predicted octanol–water partition coefficient (Wildman–Crippen LogP) is -1.12. The third-order valence-corrected chi connectivity index (χ3v) is 6.06. The van der Waals surface area contributed by atoms with E-state index in [0.29, 0.717) is 5.56 Å². The number of benzene rings is 1. The summed E-state index contributed by atoms with van der Waals surface area (Å²) in [4.78, 5) is 64.4. The Morgan fingerprint density at radius 2 is 1.55 bits per heavy atom. The highest BCUT2D eigenvalue weighted by molar-refractivity contribution is 5.95. The fourth-order valence-corrected chi connectivity index (χ4v) is 3.85. The first-order valence-electron chi connectivity index (χ1n) is 12.2. The standard InChI is InChI=1S/C25H36N6O7/c1-12(2)20(30-24(36)21(13(3)32)31-22(34)16(26)8-9-19(27)33)23(35)29-18(25(37)38)10-14-11-28-17-7-5-4-6-15(14)17/h4-7,11-13,16,18,20-21,28,32H,8-10,26H2,1-3H3,(H2,27,33)(H,29,35)(H,30,36)(H,31,34)(H,37,38). The van der Waals surface area contributed by atoms with E-state index < -0.39 is 65.8 Å². The number of aliphatic carboxylic acids is 1. The van der Waals surface area contributed by atoms with Crippen LogP contribution in [0.3, 0.4) is 0 Å². The fraction of sp³-hybridized carbons (Fsp3) is 0.480. The number of aliphatic hydroxyl groups is 1. The Bertz CT molecular complexity index is 1160. The maximum Gasteiger partial charge on any atom is 0.326 e. The second-order valence-electron chi connectivity index (χ2n) is 9.53. The molecule has 0 saturated carbocycles. The number of aromatic amines is 1. The Kier molecular flexibility index (Phi) is 10.8. The first kappa shape index (κ1) is 30.3. The van der Waals surface area contributed by atoms with Crippen LogP contribution in [0, 0.1) is 5.92 Å². The lowest BCUT2D eigenvalue weighted by Gasteiger charge is -2.28. The van der Waals surface area contributed by atoms with E-state index in [1.165, 1.54) is 6.92 Å². The van der Waals surface area contributed by atoms with Gasteiger partial charge in [0.15, 0.2) is 0 Å². The van der Waals surface area contributed by atoms with Gasteiger partial charge in [0.1, 0.15) is 18.1 Å². The molecule has 1 heterocycles. The molecule has 0 bridgehead atoms. The van der Waals surface area contributed by atoms with Crippen molar-refractivity contribution < 1.29 is 34.2 Å². The van der Waals surface area contributed by atoms with E-state index in [0.717, 1.165) is 10.9 Å². The summed E-state index contributed by atoms with van der Waals surface area (Å²) in [5.74, 6) is -4.76. The van der Waals surface area contributed by atoms with Crippen molar-refractivity contribution in [2.24, 2.45) is 17.4 Å².